The van der Waals surface area contributed by atoms with E-state index in [1.165, 1.54) is 0 Å². The number of oxime groups is 1. The zero-order valence-corrected chi connectivity index (χ0v) is 8.67. The fourth-order valence-electron chi connectivity index (χ4n) is 1.46. The molecule has 1 atom stereocenters. The minimum atomic E-state index is -1.24. The first-order valence-electron chi connectivity index (χ1n) is 4.78. The summed E-state index contributed by atoms with van der Waals surface area (Å²) in [6.45, 7) is 0. The Morgan fingerprint density at radius 1 is 1.50 bits per heavy atom. The Labute approximate surface area is 92.3 Å². The van der Waals surface area contributed by atoms with E-state index in [2.05, 4.69) is 5.16 Å². The molecule has 5 heteroatoms. The molecule has 1 aromatic rings. The van der Waals surface area contributed by atoms with Gasteiger partial charge in [-0.3, -0.25) is 0 Å². The van der Waals surface area contributed by atoms with Gasteiger partial charge in [0.1, 0.15) is 5.75 Å². The Kier molecular flexibility index (Phi) is 2.76. The average molecular weight is 220 g/mol. The molecule has 1 aromatic carbocycles. The molecule has 0 radical (unpaired) electrons. The summed E-state index contributed by atoms with van der Waals surface area (Å²) in [5.41, 5.74) is 1.43. The molecular weight excluding hydrogens is 210 g/mol. The fourth-order valence-corrected chi connectivity index (χ4v) is 1.46. The van der Waals surface area contributed by atoms with Crippen LogP contribution >= 0.6 is 0 Å². The molecule has 0 spiro atoms. The third-order valence-corrected chi connectivity index (χ3v) is 2.36. The van der Waals surface area contributed by atoms with Crippen molar-refractivity contribution in [3.8, 4) is 5.75 Å². The summed E-state index contributed by atoms with van der Waals surface area (Å²) in [5.74, 6) is -0.507. The number of benzene rings is 1. The summed E-state index contributed by atoms with van der Waals surface area (Å²) in [7, 11) is 1.58. The first-order chi connectivity index (χ1) is 7.70. The molecule has 1 aliphatic heterocycles. The molecule has 0 aliphatic carbocycles. The van der Waals surface area contributed by atoms with E-state index in [1.54, 1.807) is 31.4 Å². The summed E-state index contributed by atoms with van der Waals surface area (Å²) in [5, 5.41) is 14.3. The molecule has 2 rings (SSSR count). The van der Waals surface area contributed by atoms with Crippen molar-refractivity contribution in [2.24, 2.45) is 5.16 Å². The number of rotatable bonds is 3. The highest BCUT2D eigenvalue weighted by atomic mass is 16.7. The van der Waals surface area contributed by atoms with E-state index in [0.717, 1.165) is 11.3 Å². The zero-order valence-electron chi connectivity index (χ0n) is 8.67. The second-order valence-corrected chi connectivity index (χ2v) is 3.38. The van der Waals surface area contributed by atoms with Gasteiger partial charge in [-0.15, -0.1) is 0 Å². The molecule has 0 unspecified atom stereocenters. The number of carbonyl (C=O) groups excluding carboxylic acids is 1. The number of carboxylic acids is 1. The minimum Gasteiger partial charge on any atom is -0.546 e. The van der Waals surface area contributed by atoms with Crippen LogP contribution in [0.25, 0.3) is 0 Å². The molecule has 0 fully saturated rings. The molecule has 0 bridgehead atoms. The predicted molar refractivity (Wildman–Crippen MR) is 54.0 cm³/mol. The Bertz CT molecular complexity index is 424. The molecule has 0 aromatic heterocycles. The van der Waals surface area contributed by atoms with E-state index >= 15 is 0 Å². The highest BCUT2D eigenvalue weighted by molar-refractivity contribution is 6.03. The van der Waals surface area contributed by atoms with Crippen LogP contribution in [0.15, 0.2) is 29.4 Å². The second-order valence-electron chi connectivity index (χ2n) is 3.38. The van der Waals surface area contributed by atoms with Gasteiger partial charge < -0.3 is 19.5 Å². The molecule has 5 nitrogen and oxygen atoms in total. The van der Waals surface area contributed by atoms with Gasteiger partial charge in [-0.2, -0.15) is 0 Å². The molecule has 0 saturated heterocycles. The monoisotopic (exact) mass is 220 g/mol. The van der Waals surface area contributed by atoms with Crippen LogP contribution in [-0.2, 0) is 9.63 Å². The summed E-state index contributed by atoms with van der Waals surface area (Å²) >= 11 is 0. The van der Waals surface area contributed by atoms with Crippen molar-refractivity contribution >= 4 is 11.7 Å². The van der Waals surface area contributed by atoms with Gasteiger partial charge in [-0.25, -0.2) is 0 Å². The molecule has 0 N–H and O–H groups in total. The van der Waals surface area contributed by atoms with Gasteiger partial charge in [0.05, 0.1) is 18.8 Å². The average Bonchev–Trinajstić information content (AvgIpc) is 2.78. The third-order valence-electron chi connectivity index (χ3n) is 2.36. The van der Waals surface area contributed by atoms with Gasteiger partial charge in [0.15, 0.2) is 6.10 Å². The van der Waals surface area contributed by atoms with Crippen LogP contribution in [-0.4, -0.2) is 24.9 Å². The van der Waals surface area contributed by atoms with Crippen molar-refractivity contribution in [3.63, 3.8) is 0 Å². The first-order valence-corrected chi connectivity index (χ1v) is 4.78. The van der Waals surface area contributed by atoms with Gasteiger partial charge in [0.2, 0.25) is 0 Å². The summed E-state index contributed by atoms with van der Waals surface area (Å²) in [6.07, 6.45) is -0.744. The Hall–Kier alpha value is -2.04. The van der Waals surface area contributed by atoms with E-state index in [-0.39, 0.29) is 6.42 Å². The Morgan fingerprint density at radius 2 is 2.19 bits per heavy atom. The van der Waals surface area contributed by atoms with Crippen LogP contribution in [0.4, 0.5) is 0 Å². The van der Waals surface area contributed by atoms with Crippen molar-refractivity contribution in [2.75, 3.05) is 7.11 Å². The van der Waals surface area contributed by atoms with Gasteiger partial charge >= 0.3 is 0 Å². The lowest BCUT2D eigenvalue weighted by molar-refractivity contribution is -0.315. The Morgan fingerprint density at radius 3 is 2.69 bits per heavy atom. The number of hydrogen-bond acceptors (Lipinski definition) is 5. The number of hydrogen-bond donors (Lipinski definition) is 0. The van der Waals surface area contributed by atoms with Crippen LogP contribution in [0.3, 0.4) is 0 Å². The molecule has 0 saturated carbocycles. The smallest absolute Gasteiger partial charge is 0.172 e. The van der Waals surface area contributed by atoms with Gasteiger partial charge in [-0.1, -0.05) is 5.16 Å². The highest BCUT2D eigenvalue weighted by Gasteiger charge is 2.22. The lowest BCUT2D eigenvalue weighted by Crippen LogP contribution is -2.35. The maximum absolute atomic E-state index is 10.5. The van der Waals surface area contributed by atoms with Crippen molar-refractivity contribution in [1.82, 2.24) is 0 Å². The second kappa shape index (κ2) is 4.22. The van der Waals surface area contributed by atoms with Crippen molar-refractivity contribution in [2.45, 2.75) is 12.5 Å². The lowest BCUT2D eigenvalue weighted by Gasteiger charge is -2.07. The summed E-state index contributed by atoms with van der Waals surface area (Å²) in [6, 6.07) is 7.17. The van der Waals surface area contributed by atoms with E-state index < -0.39 is 12.1 Å². The quantitative estimate of drug-likeness (QED) is 0.715. The minimum absolute atomic E-state index is 0.231. The van der Waals surface area contributed by atoms with Gasteiger partial charge in [0.25, 0.3) is 0 Å². The number of carbonyl (C=O) groups is 1. The summed E-state index contributed by atoms with van der Waals surface area (Å²) in [4.78, 5) is 15.3. The molecule has 16 heavy (non-hydrogen) atoms. The van der Waals surface area contributed by atoms with Crippen molar-refractivity contribution in [1.29, 1.82) is 0 Å². The zero-order chi connectivity index (χ0) is 11.5. The number of carboxylic acid groups (broad SMARTS) is 1. The number of nitrogens with zero attached hydrogens (tertiary/aromatic N) is 1. The Balaban J connectivity index is 2.11. The van der Waals surface area contributed by atoms with Crippen LogP contribution < -0.4 is 9.84 Å². The van der Waals surface area contributed by atoms with Crippen LogP contribution in [0.1, 0.15) is 12.0 Å². The largest absolute Gasteiger partial charge is 0.546 e. The highest BCUT2D eigenvalue weighted by Crippen LogP contribution is 2.18. The van der Waals surface area contributed by atoms with Gasteiger partial charge in [-0.05, 0) is 29.8 Å². The number of aliphatic carboxylic acids is 1. The van der Waals surface area contributed by atoms with Crippen LogP contribution in [0.2, 0.25) is 0 Å². The maximum Gasteiger partial charge on any atom is 0.172 e. The molecule has 1 aliphatic rings. The summed E-state index contributed by atoms with van der Waals surface area (Å²) < 4.78 is 5.02. The van der Waals surface area contributed by atoms with E-state index in [0.29, 0.717) is 5.71 Å². The van der Waals surface area contributed by atoms with Crippen LogP contribution in [0.5, 0.6) is 5.75 Å². The first kappa shape index (κ1) is 10.5. The van der Waals surface area contributed by atoms with E-state index in [9.17, 15) is 9.90 Å². The SMILES string of the molecule is COc1ccc(C2=NO[C@@H](C(=O)[O-])C2)cc1. The van der Waals surface area contributed by atoms with Crippen molar-refractivity contribution < 1.29 is 19.5 Å². The number of methoxy groups -OCH3 is 1. The maximum atomic E-state index is 10.5. The van der Waals surface area contributed by atoms with E-state index in [4.69, 9.17) is 9.57 Å². The fraction of sp³-hybridized carbons (Fsp3) is 0.273. The third kappa shape index (κ3) is 1.98. The lowest BCUT2D eigenvalue weighted by atomic mass is 10.1. The topological polar surface area (TPSA) is 71.0 Å². The normalized spacial score (nSPS) is 18.8. The van der Waals surface area contributed by atoms with Gasteiger partial charge in [0, 0.05) is 6.42 Å². The predicted octanol–water partition coefficient (Wildman–Crippen LogP) is -0.0619. The number of ether oxygens (including phenoxy) is 1. The van der Waals surface area contributed by atoms with Crippen molar-refractivity contribution in [3.05, 3.63) is 29.8 Å². The molecule has 84 valence electrons. The molecule has 1 heterocycles. The van der Waals surface area contributed by atoms with E-state index in [1.807, 2.05) is 0 Å². The standard InChI is InChI=1S/C11H11NO4/c1-15-8-4-2-7(3-5-8)9-6-10(11(13)14)16-12-9/h2-5,10H,6H2,1H3,(H,13,14)/p-1/t10-/m1/s1. The molecule has 0 amide bonds. The molecular formula is C11H10NO4-. The van der Waals surface area contributed by atoms with Crippen LogP contribution in [0, 0.1) is 0 Å².